The number of amides is 1. The Hall–Kier alpha value is -3.14. The van der Waals surface area contributed by atoms with E-state index in [1.165, 1.54) is 28.7 Å². The van der Waals surface area contributed by atoms with Crippen LogP contribution in [-0.2, 0) is 0 Å². The predicted octanol–water partition coefficient (Wildman–Crippen LogP) is 5.91. The third-order valence-electron chi connectivity index (χ3n) is 4.43. The van der Waals surface area contributed by atoms with Crippen LogP contribution in [-0.4, -0.2) is 17.1 Å². The number of hydrogen-bond donors (Lipinski definition) is 0. The summed E-state index contributed by atoms with van der Waals surface area (Å²) < 4.78 is 7.14. The minimum atomic E-state index is -0.719. The van der Waals surface area contributed by atoms with Crippen LogP contribution < -0.4 is 10.6 Å². The first kappa shape index (κ1) is 19.8. The van der Waals surface area contributed by atoms with Crippen LogP contribution in [0.15, 0.2) is 84.8 Å². The van der Waals surface area contributed by atoms with Crippen LogP contribution >= 0.6 is 38.6 Å². The van der Waals surface area contributed by atoms with E-state index >= 15 is 0 Å². The number of hydrazone groups is 1. The van der Waals surface area contributed by atoms with Crippen LogP contribution in [0.25, 0.3) is 21.2 Å². The molecule has 0 fully saturated rings. The van der Waals surface area contributed by atoms with E-state index < -0.39 is 11.5 Å². The average molecular weight is 510 g/mol. The number of anilines is 1. The zero-order valence-corrected chi connectivity index (χ0v) is 18.9. The van der Waals surface area contributed by atoms with Crippen molar-refractivity contribution in [3.8, 4) is 0 Å². The fraction of sp³-hybridized carbons (Fsp3) is 0. The molecule has 0 spiro atoms. The number of halogens is 1. The Morgan fingerprint density at radius 3 is 2.84 bits per heavy atom. The highest BCUT2D eigenvalue weighted by Crippen LogP contribution is 2.32. The van der Waals surface area contributed by atoms with Gasteiger partial charge in [0.1, 0.15) is 11.1 Å². The Morgan fingerprint density at radius 1 is 1.13 bits per heavy atom. The lowest BCUT2D eigenvalue weighted by Crippen LogP contribution is -2.30. The van der Waals surface area contributed by atoms with Gasteiger partial charge in [-0.25, -0.2) is 9.78 Å². The van der Waals surface area contributed by atoms with Gasteiger partial charge in [0, 0.05) is 14.7 Å². The van der Waals surface area contributed by atoms with Crippen molar-refractivity contribution in [2.75, 3.05) is 5.01 Å². The van der Waals surface area contributed by atoms with Crippen LogP contribution in [0.3, 0.4) is 0 Å². The summed E-state index contributed by atoms with van der Waals surface area (Å²) in [5, 5.41) is 8.46. The standard InChI is InChI=1S/C22H12BrN3O3S2/c23-14-7-8-17-19(11-14)31-22(25-17)26(24-12-15-5-3-9-30-15)20(27)16-10-13-4-1-2-6-18(13)29-21(16)28/h1-12H/b24-12+. The highest BCUT2D eigenvalue weighted by molar-refractivity contribution is 9.10. The molecular weight excluding hydrogens is 498 g/mol. The molecule has 1 amide bonds. The number of rotatable bonds is 4. The SMILES string of the molecule is O=C(c1cc2ccccc2oc1=O)N(/N=C/c1cccs1)c1nc2ccc(Br)cc2s1. The topological polar surface area (TPSA) is 75.8 Å². The van der Waals surface area contributed by atoms with Crippen molar-refractivity contribution in [3.63, 3.8) is 0 Å². The molecule has 0 aliphatic carbocycles. The molecule has 9 heteroatoms. The van der Waals surface area contributed by atoms with Gasteiger partial charge in [0.25, 0.3) is 5.91 Å². The molecule has 0 bridgehead atoms. The number of thiazole rings is 1. The molecule has 5 aromatic rings. The minimum absolute atomic E-state index is 0.109. The lowest BCUT2D eigenvalue weighted by atomic mass is 10.2. The maximum Gasteiger partial charge on any atom is 0.349 e. The molecule has 0 saturated heterocycles. The fourth-order valence-corrected chi connectivity index (χ4v) is 5.02. The lowest BCUT2D eigenvalue weighted by molar-refractivity contribution is 0.0984. The Balaban J connectivity index is 1.63. The average Bonchev–Trinajstić information content (AvgIpc) is 3.42. The van der Waals surface area contributed by atoms with Gasteiger partial charge >= 0.3 is 5.63 Å². The summed E-state index contributed by atoms with van der Waals surface area (Å²) >= 11 is 6.25. The molecule has 0 N–H and O–H groups in total. The molecule has 0 aliphatic heterocycles. The molecule has 5 rings (SSSR count). The van der Waals surface area contributed by atoms with Gasteiger partial charge in [0.2, 0.25) is 5.13 Å². The number of fused-ring (bicyclic) bond motifs is 2. The van der Waals surface area contributed by atoms with E-state index in [1.807, 2.05) is 41.8 Å². The molecule has 6 nitrogen and oxygen atoms in total. The van der Waals surface area contributed by atoms with Crippen molar-refractivity contribution in [3.05, 3.63) is 91.4 Å². The summed E-state index contributed by atoms with van der Waals surface area (Å²) in [6.07, 6.45) is 1.58. The van der Waals surface area contributed by atoms with Gasteiger partial charge in [-0.3, -0.25) is 4.79 Å². The van der Waals surface area contributed by atoms with Crippen LogP contribution in [0.5, 0.6) is 0 Å². The normalized spacial score (nSPS) is 11.5. The first-order valence-electron chi connectivity index (χ1n) is 9.09. The highest BCUT2D eigenvalue weighted by Gasteiger charge is 2.25. The van der Waals surface area contributed by atoms with E-state index in [0.717, 1.165) is 24.6 Å². The Bertz CT molecular complexity index is 1510. The van der Waals surface area contributed by atoms with Crippen LogP contribution in [0.4, 0.5) is 5.13 Å². The van der Waals surface area contributed by atoms with Gasteiger partial charge in [0.05, 0.1) is 16.4 Å². The molecule has 2 aromatic carbocycles. The van der Waals surface area contributed by atoms with Gasteiger partial charge in [-0.15, -0.1) is 11.3 Å². The Kier molecular flexibility index (Phi) is 5.23. The predicted molar refractivity (Wildman–Crippen MR) is 129 cm³/mol. The van der Waals surface area contributed by atoms with Gasteiger partial charge in [-0.1, -0.05) is 51.5 Å². The van der Waals surface area contributed by atoms with Gasteiger partial charge < -0.3 is 4.42 Å². The number of nitrogens with zero attached hydrogens (tertiary/aromatic N) is 3. The van der Waals surface area contributed by atoms with E-state index in [9.17, 15) is 9.59 Å². The first-order chi connectivity index (χ1) is 15.1. The van der Waals surface area contributed by atoms with E-state index in [0.29, 0.717) is 16.1 Å². The van der Waals surface area contributed by atoms with Crippen molar-refractivity contribution in [1.29, 1.82) is 0 Å². The maximum absolute atomic E-state index is 13.4. The van der Waals surface area contributed by atoms with Crippen molar-refractivity contribution >= 4 is 77.0 Å². The third-order valence-corrected chi connectivity index (χ3v) is 6.72. The largest absolute Gasteiger partial charge is 0.422 e. The minimum Gasteiger partial charge on any atom is -0.422 e. The second kappa shape index (κ2) is 8.18. The second-order valence-electron chi connectivity index (χ2n) is 6.47. The lowest BCUT2D eigenvalue weighted by Gasteiger charge is -2.13. The van der Waals surface area contributed by atoms with Gasteiger partial charge in [-0.05, 0) is 41.8 Å². The molecule has 3 aromatic heterocycles. The third kappa shape index (κ3) is 3.95. The molecule has 152 valence electrons. The van der Waals surface area contributed by atoms with Crippen molar-refractivity contribution in [1.82, 2.24) is 4.98 Å². The summed E-state index contributed by atoms with van der Waals surface area (Å²) in [4.78, 5) is 31.4. The van der Waals surface area contributed by atoms with Crippen LogP contribution in [0, 0.1) is 0 Å². The molecule has 0 atom stereocenters. The number of benzene rings is 2. The molecule has 31 heavy (non-hydrogen) atoms. The van der Waals surface area contributed by atoms with Crippen LogP contribution in [0.2, 0.25) is 0 Å². The summed E-state index contributed by atoms with van der Waals surface area (Å²) in [5.74, 6) is -0.606. The number of carbonyl (C=O) groups is 1. The number of carbonyl (C=O) groups excluding carboxylic acids is 1. The smallest absolute Gasteiger partial charge is 0.349 e. The number of para-hydroxylation sites is 1. The van der Waals surface area contributed by atoms with Gasteiger partial charge in [-0.2, -0.15) is 10.1 Å². The number of aromatic nitrogens is 1. The second-order valence-corrected chi connectivity index (χ2v) is 9.37. The number of hydrogen-bond acceptors (Lipinski definition) is 7. The number of thiophene rings is 1. The van der Waals surface area contributed by atoms with E-state index in [-0.39, 0.29) is 5.56 Å². The molecule has 0 radical (unpaired) electrons. The maximum atomic E-state index is 13.4. The molecular formula is C22H12BrN3O3S2. The van der Waals surface area contributed by atoms with Crippen molar-refractivity contribution < 1.29 is 9.21 Å². The zero-order valence-electron chi connectivity index (χ0n) is 15.7. The first-order valence-corrected chi connectivity index (χ1v) is 11.6. The van der Waals surface area contributed by atoms with Crippen molar-refractivity contribution in [2.45, 2.75) is 0 Å². The molecule has 0 unspecified atom stereocenters. The summed E-state index contributed by atoms with van der Waals surface area (Å²) in [7, 11) is 0. The summed E-state index contributed by atoms with van der Waals surface area (Å²) in [6, 6.07) is 18.0. The molecule has 3 heterocycles. The van der Waals surface area contributed by atoms with Crippen molar-refractivity contribution in [2.24, 2.45) is 5.10 Å². The Morgan fingerprint density at radius 2 is 2.00 bits per heavy atom. The zero-order chi connectivity index (χ0) is 21.4. The van der Waals surface area contributed by atoms with E-state index in [2.05, 4.69) is 26.0 Å². The van der Waals surface area contributed by atoms with Crippen LogP contribution in [0.1, 0.15) is 15.2 Å². The quantitative estimate of drug-likeness (QED) is 0.171. The Labute approximate surface area is 192 Å². The summed E-state index contributed by atoms with van der Waals surface area (Å²) in [6.45, 7) is 0. The fourth-order valence-electron chi connectivity index (χ4n) is 2.97. The van der Waals surface area contributed by atoms with E-state index in [4.69, 9.17) is 4.42 Å². The monoisotopic (exact) mass is 509 g/mol. The van der Waals surface area contributed by atoms with E-state index in [1.54, 1.807) is 24.4 Å². The van der Waals surface area contributed by atoms with Gasteiger partial charge in [0.15, 0.2) is 0 Å². The molecule has 0 aliphatic rings. The molecule has 0 saturated carbocycles. The highest BCUT2D eigenvalue weighted by atomic mass is 79.9. The summed E-state index contributed by atoms with van der Waals surface area (Å²) in [5.41, 5.74) is 0.326.